The van der Waals surface area contributed by atoms with Crippen LogP contribution in [0.1, 0.15) is 22.5 Å². The van der Waals surface area contributed by atoms with Crippen LogP contribution in [0, 0.1) is 11.6 Å². The molecule has 3 rings (SSSR count). The molecule has 0 saturated carbocycles. The second-order valence-electron chi connectivity index (χ2n) is 5.94. The Morgan fingerprint density at radius 2 is 2.04 bits per heavy atom. The summed E-state index contributed by atoms with van der Waals surface area (Å²) in [7, 11) is 0. The number of nitrogens with zero attached hydrogens (tertiary/aromatic N) is 2. The standard InChI is InChI=1S/C18H17F2N3O2/c19-14-5-4-12(9-15(14)20)10-17(24)22-13-6-8-23(11-13)18(25)16-3-1-2-7-21-16/h1-5,7,9,13H,6,8,10-11H2,(H,22,24). The van der Waals surface area contributed by atoms with Gasteiger partial charge in [-0.1, -0.05) is 12.1 Å². The third kappa shape index (κ3) is 4.17. The van der Waals surface area contributed by atoms with Crippen molar-refractivity contribution < 1.29 is 18.4 Å². The fraction of sp³-hybridized carbons (Fsp3) is 0.278. The molecule has 5 nitrogen and oxygen atoms in total. The van der Waals surface area contributed by atoms with Gasteiger partial charge in [0.1, 0.15) is 5.69 Å². The van der Waals surface area contributed by atoms with E-state index in [1.54, 1.807) is 29.3 Å². The lowest BCUT2D eigenvalue weighted by molar-refractivity contribution is -0.121. The normalized spacial score (nSPS) is 16.7. The molecule has 1 atom stereocenters. The van der Waals surface area contributed by atoms with E-state index in [2.05, 4.69) is 10.3 Å². The molecule has 1 unspecified atom stereocenters. The van der Waals surface area contributed by atoms with Crippen LogP contribution in [0.3, 0.4) is 0 Å². The van der Waals surface area contributed by atoms with Gasteiger partial charge in [0.05, 0.1) is 6.42 Å². The van der Waals surface area contributed by atoms with E-state index < -0.39 is 11.6 Å². The average Bonchev–Trinajstić information content (AvgIpc) is 3.06. The molecular formula is C18H17F2N3O2. The summed E-state index contributed by atoms with van der Waals surface area (Å²) in [5, 5.41) is 2.83. The number of nitrogens with one attached hydrogen (secondary N) is 1. The Kier molecular flexibility index (Phi) is 5.02. The van der Waals surface area contributed by atoms with E-state index >= 15 is 0 Å². The highest BCUT2D eigenvalue weighted by molar-refractivity contribution is 5.92. The summed E-state index contributed by atoms with van der Waals surface area (Å²) < 4.78 is 26.1. The average molecular weight is 345 g/mol. The predicted molar refractivity (Wildman–Crippen MR) is 86.8 cm³/mol. The number of amides is 2. The van der Waals surface area contributed by atoms with E-state index in [4.69, 9.17) is 0 Å². The Labute approximate surface area is 143 Å². The molecular weight excluding hydrogens is 328 g/mol. The van der Waals surface area contributed by atoms with E-state index in [0.29, 0.717) is 30.8 Å². The molecule has 1 aromatic carbocycles. The van der Waals surface area contributed by atoms with E-state index in [-0.39, 0.29) is 24.3 Å². The molecule has 1 aliphatic heterocycles. The molecule has 7 heteroatoms. The molecule has 2 aromatic rings. The van der Waals surface area contributed by atoms with Crippen LogP contribution < -0.4 is 5.32 Å². The van der Waals surface area contributed by atoms with Crippen molar-refractivity contribution in [3.8, 4) is 0 Å². The van der Waals surface area contributed by atoms with Gasteiger partial charge in [-0.25, -0.2) is 8.78 Å². The summed E-state index contributed by atoms with van der Waals surface area (Å²) in [6, 6.07) is 8.37. The number of carbonyl (C=O) groups excluding carboxylic acids is 2. The van der Waals surface area contributed by atoms with Gasteiger partial charge in [0.25, 0.3) is 5.91 Å². The second-order valence-corrected chi connectivity index (χ2v) is 5.94. The highest BCUT2D eigenvalue weighted by atomic mass is 19.2. The van der Waals surface area contributed by atoms with Gasteiger partial charge in [0, 0.05) is 25.3 Å². The molecule has 0 aliphatic carbocycles. The number of pyridine rings is 1. The largest absolute Gasteiger partial charge is 0.351 e. The smallest absolute Gasteiger partial charge is 0.272 e. The zero-order valence-electron chi connectivity index (χ0n) is 13.4. The molecule has 1 N–H and O–H groups in total. The third-order valence-electron chi connectivity index (χ3n) is 4.07. The first kappa shape index (κ1) is 17.0. The van der Waals surface area contributed by atoms with E-state index in [1.165, 1.54) is 6.07 Å². The summed E-state index contributed by atoms with van der Waals surface area (Å²) in [5.41, 5.74) is 0.770. The van der Waals surface area contributed by atoms with Crippen molar-refractivity contribution in [1.29, 1.82) is 0 Å². The topological polar surface area (TPSA) is 62.3 Å². The first-order chi connectivity index (χ1) is 12.0. The van der Waals surface area contributed by atoms with Crippen molar-refractivity contribution in [3.63, 3.8) is 0 Å². The molecule has 0 radical (unpaired) electrons. The van der Waals surface area contributed by atoms with Gasteiger partial charge >= 0.3 is 0 Å². The van der Waals surface area contributed by atoms with Gasteiger partial charge < -0.3 is 10.2 Å². The fourth-order valence-electron chi connectivity index (χ4n) is 2.83. The number of benzene rings is 1. The van der Waals surface area contributed by atoms with Gasteiger partial charge in [0.2, 0.25) is 5.91 Å². The number of likely N-dealkylation sites (tertiary alicyclic amines) is 1. The summed E-state index contributed by atoms with van der Waals surface area (Å²) in [6.07, 6.45) is 2.16. The summed E-state index contributed by atoms with van der Waals surface area (Å²) >= 11 is 0. The zero-order valence-corrected chi connectivity index (χ0v) is 13.4. The molecule has 0 spiro atoms. The van der Waals surface area contributed by atoms with Crippen LogP contribution in [-0.2, 0) is 11.2 Å². The molecule has 1 saturated heterocycles. The monoisotopic (exact) mass is 345 g/mol. The number of hydrogen-bond acceptors (Lipinski definition) is 3. The lowest BCUT2D eigenvalue weighted by Gasteiger charge is -2.16. The van der Waals surface area contributed by atoms with Gasteiger partial charge in [-0.2, -0.15) is 0 Å². The number of rotatable bonds is 4. The maximum atomic E-state index is 13.2. The number of hydrogen-bond donors (Lipinski definition) is 1. The number of aromatic nitrogens is 1. The van der Waals surface area contributed by atoms with E-state index in [9.17, 15) is 18.4 Å². The van der Waals surface area contributed by atoms with Crippen LogP contribution in [0.5, 0.6) is 0 Å². The van der Waals surface area contributed by atoms with Gasteiger partial charge in [-0.15, -0.1) is 0 Å². The van der Waals surface area contributed by atoms with Crippen molar-refractivity contribution in [2.75, 3.05) is 13.1 Å². The van der Waals surface area contributed by atoms with Crippen molar-refractivity contribution in [1.82, 2.24) is 15.2 Å². The van der Waals surface area contributed by atoms with Crippen molar-refractivity contribution >= 4 is 11.8 Å². The minimum atomic E-state index is -0.974. The molecule has 2 heterocycles. The molecule has 0 bridgehead atoms. The quantitative estimate of drug-likeness (QED) is 0.921. The first-order valence-corrected chi connectivity index (χ1v) is 7.96. The minimum absolute atomic E-state index is 0.0398. The lowest BCUT2D eigenvalue weighted by atomic mass is 10.1. The molecule has 25 heavy (non-hydrogen) atoms. The van der Waals surface area contributed by atoms with Crippen LogP contribution in [0.25, 0.3) is 0 Å². The predicted octanol–water partition coefficient (Wildman–Crippen LogP) is 1.93. The Balaban J connectivity index is 1.53. The Morgan fingerprint density at radius 3 is 2.76 bits per heavy atom. The Morgan fingerprint density at radius 1 is 1.20 bits per heavy atom. The zero-order chi connectivity index (χ0) is 17.8. The maximum Gasteiger partial charge on any atom is 0.272 e. The summed E-state index contributed by atoms with van der Waals surface area (Å²) in [4.78, 5) is 30.1. The molecule has 1 fully saturated rings. The third-order valence-corrected chi connectivity index (χ3v) is 4.07. The first-order valence-electron chi connectivity index (χ1n) is 7.96. The lowest BCUT2D eigenvalue weighted by Crippen LogP contribution is -2.39. The van der Waals surface area contributed by atoms with Gasteiger partial charge in [-0.3, -0.25) is 14.6 Å². The summed E-state index contributed by atoms with van der Waals surface area (Å²) in [5.74, 6) is -2.37. The molecule has 1 aliphatic rings. The second kappa shape index (κ2) is 7.38. The van der Waals surface area contributed by atoms with Gasteiger partial charge in [0.15, 0.2) is 11.6 Å². The van der Waals surface area contributed by atoms with E-state index in [0.717, 1.165) is 12.1 Å². The van der Waals surface area contributed by atoms with E-state index in [1.807, 2.05) is 0 Å². The molecule has 1 aromatic heterocycles. The highest BCUT2D eigenvalue weighted by Gasteiger charge is 2.28. The van der Waals surface area contributed by atoms with Crippen LogP contribution >= 0.6 is 0 Å². The van der Waals surface area contributed by atoms with Crippen LogP contribution in [-0.4, -0.2) is 40.8 Å². The number of halogens is 2. The Hall–Kier alpha value is -2.83. The van der Waals surface area contributed by atoms with Crippen molar-refractivity contribution in [3.05, 3.63) is 65.5 Å². The highest BCUT2D eigenvalue weighted by Crippen LogP contribution is 2.13. The van der Waals surface area contributed by atoms with Crippen LogP contribution in [0.4, 0.5) is 8.78 Å². The van der Waals surface area contributed by atoms with Crippen LogP contribution in [0.15, 0.2) is 42.6 Å². The van der Waals surface area contributed by atoms with Crippen LogP contribution in [0.2, 0.25) is 0 Å². The van der Waals surface area contributed by atoms with Gasteiger partial charge in [-0.05, 0) is 36.2 Å². The van der Waals surface area contributed by atoms with Crippen molar-refractivity contribution in [2.45, 2.75) is 18.9 Å². The minimum Gasteiger partial charge on any atom is -0.351 e. The fourth-order valence-corrected chi connectivity index (χ4v) is 2.83. The van der Waals surface area contributed by atoms with Crippen molar-refractivity contribution in [2.24, 2.45) is 0 Å². The Bertz CT molecular complexity index is 783. The molecule has 2 amide bonds. The maximum absolute atomic E-state index is 13.2. The summed E-state index contributed by atoms with van der Waals surface area (Å²) in [6.45, 7) is 0.935. The SMILES string of the molecule is O=C(Cc1ccc(F)c(F)c1)NC1CCN(C(=O)c2ccccn2)C1. The molecule has 130 valence electrons. The number of carbonyl (C=O) groups is 2.